The van der Waals surface area contributed by atoms with Gasteiger partial charge < -0.3 is 14.6 Å². The lowest BCUT2D eigenvalue weighted by molar-refractivity contribution is 0.0925. The first kappa shape index (κ1) is 17.0. The first-order chi connectivity index (χ1) is 12.0. The molecule has 1 atom stereocenters. The molecule has 5 heteroatoms. The van der Waals surface area contributed by atoms with Gasteiger partial charge in [-0.2, -0.15) is 0 Å². The Kier molecular flexibility index (Phi) is 4.74. The summed E-state index contributed by atoms with van der Waals surface area (Å²) < 4.78 is 19.3. The van der Waals surface area contributed by atoms with Gasteiger partial charge in [0.25, 0.3) is 5.91 Å². The number of carbonyl (C=O) groups is 1. The fourth-order valence-corrected chi connectivity index (χ4v) is 2.80. The van der Waals surface area contributed by atoms with Crippen molar-refractivity contribution in [1.29, 1.82) is 0 Å². The van der Waals surface area contributed by atoms with Crippen LogP contribution in [0.5, 0.6) is 0 Å². The Hall–Kier alpha value is -2.82. The highest BCUT2D eigenvalue weighted by Crippen LogP contribution is 2.27. The van der Waals surface area contributed by atoms with Gasteiger partial charge in [0.2, 0.25) is 0 Å². The van der Waals surface area contributed by atoms with Gasteiger partial charge in [0, 0.05) is 36.3 Å². The van der Waals surface area contributed by atoms with Crippen LogP contribution in [-0.4, -0.2) is 25.5 Å². The van der Waals surface area contributed by atoms with E-state index in [0.29, 0.717) is 17.5 Å². The maximum absolute atomic E-state index is 13.8. The SMILES string of the molecule is Cc1c(C(=O)NC[C@H](C)N(C)c2ccccc2)oc2c(F)cccc12. The lowest BCUT2D eigenvalue weighted by Gasteiger charge is -2.27. The normalized spacial score (nSPS) is 12.2. The zero-order valence-corrected chi connectivity index (χ0v) is 14.5. The third-order valence-electron chi connectivity index (χ3n) is 4.50. The summed E-state index contributed by atoms with van der Waals surface area (Å²) in [4.78, 5) is 14.6. The summed E-state index contributed by atoms with van der Waals surface area (Å²) in [6.45, 7) is 4.24. The van der Waals surface area contributed by atoms with Crippen LogP contribution in [0.4, 0.5) is 10.1 Å². The molecule has 1 amide bonds. The number of fused-ring (bicyclic) bond motifs is 1. The molecule has 0 unspecified atom stereocenters. The van der Waals surface area contributed by atoms with Crippen LogP contribution in [0.15, 0.2) is 52.9 Å². The van der Waals surface area contributed by atoms with E-state index in [9.17, 15) is 9.18 Å². The number of amides is 1. The van der Waals surface area contributed by atoms with Gasteiger partial charge in [-0.3, -0.25) is 4.79 Å². The van der Waals surface area contributed by atoms with Crippen molar-refractivity contribution in [3.8, 4) is 0 Å². The van der Waals surface area contributed by atoms with E-state index in [2.05, 4.69) is 10.2 Å². The highest BCUT2D eigenvalue weighted by molar-refractivity contribution is 5.99. The van der Waals surface area contributed by atoms with Crippen LogP contribution >= 0.6 is 0 Å². The number of benzene rings is 2. The van der Waals surface area contributed by atoms with Gasteiger partial charge in [-0.15, -0.1) is 0 Å². The number of likely N-dealkylation sites (N-methyl/N-ethyl adjacent to an activating group) is 1. The molecule has 130 valence electrons. The first-order valence-corrected chi connectivity index (χ1v) is 8.22. The van der Waals surface area contributed by atoms with Crippen LogP contribution in [0.25, 0.3) is 11.0 Å². The number of nitrogens with one attached hydrogen (secondary N) is 1. The number of carbonyl (C=O) groups excluding carboxylic acids is 1. The van der Waals surface area contributed by atoms with E-state index in [-0.39, 0.29) is 23.3 Å². The van der Waals surface area contributed by atoms with Crippen molar-refractivity contribution in [1.82, 2.24) is 5.32 Å². The smallest absolute Gasteiger partial charge is 0.287 e. The second-order valence-electron chi connectivity index (χ2n) is 6.18. The summed E-state index contributed by atoms with van der Waals surface area (Å²) >= 11 is 0. The predicted molar refractivity (Wildman–Crippen MR) is 97.5 cm³/mol. The standard InChI is InChI=1S/C20H21FN2O2/c1-13(23(3)15-8-5-4-6-9-15)12-22-20(24)18-14(2)16-10-7-11-17(21)19(16)25-18/h4-11,13H,12H2,1-3H3,(H,22,24)/t13-/m0/s1. The number of furan rings is 1. The summed E-state index contributed by atoms with van der Waals surface area (Å²) in [5.41, 5.74) is 1.85. The lowest BCUT2D eigenvalue weighted by atomic mass is 10.1. The number of hydrogen-bond acceptors (Lipinski definition) is 3. The molecule has 0 aliphatic heterocycles. The molecule has 0 radical (unpaired) electrons. The Balaban J connectivity index is 1.71. The molecule has 0 spiro atoms. The van der Waals surface area contributed by atoms with Gasteiger partial charge in [0.15, 0.2) is 17.2 Å². The van der Waals surface area contributed by atoms with Crippen LogP contribution in [-0.2, 0) is 0 Å². The van der Waals surface area contributed by atoms with E-state index in [1.807, 2.05) is 44.3 Å². The van der Waals surface area contributed by atoms with Gasteiger partial charge in [-0.1, -0.05) is 30.3 Å². The average Bonchev–Trinajstić information content (AvgIpc) is 2.98. The molecule has 25 heavy (non-hydrogen) atoms. The Labute approximate surface area is 146 Å². The zero-order chi connectivity index (χ0) is 18.0. The van der Waals surface area contributed by atoms with E-state index in [0.717, 1.165) is 5.69 Å². The summed E-state index contributed by atoms with van der Waals surface area (Å²) in [6, 6.07) is 14.7. The number of hydrogen-bond donors (Lipinski definition) is 1. The van der Waals surface area contributed by atoms with Crippen LogP contribution in [0.1, 0.15) is 23.0 Å². The molecule has 1 aromatic heterocycles. The van der Waals surface area contributed by atoms with Gasteiger partial charge in [-0.05, 0) is 32.0 Å². The van der Waals surface area contributed by atoms with Gasteiger partial charge in [-0.25, -0.2) is 4.39 Å². The summed E-state index contributed by atoms with van der Waals surface area (Å²) in [7, 11) is 1.98. The molecule has 0 saturated carbocycles. The molecule has 3 aromatic rings. The molecule has 0 aliphatic carbocycles. The third-order valence-corrected chi connectivity index (χ3v) is 4.50. The van der Waals surface area contributed by atoms with Crippen molar-refractivity contribution >= 4 is 22.6 Å². The number of nitrogens with zero attached hydrogens (tertiary/aromatic N) is 1. The lowest BCUT2D eigenvalue weighted by Crippen LogP contribution is -2.40. The van der Waals surface area contributed by atoms with Crippen molar-refractivity contribution in [2.24, 2.45) is 0 Å². The summed E-state index contributed by atoms with van der Waals surface area (Å²) in [5.74, 6) is -0.632. The number of para-hydroxylation sites is 2. The van der Waals surface area contributed by atoms with Crippen LogP contribution in [0.3, 0.4) is 0 Å². The molecule has 1 N–H and O–H groups in total. The van der Waals surface area contributed by atoms with E-state index in [1.54, 1.807) is 19.1 Å². The Morgan fingerprint density at radius 2 is 1.92 bits per heavy atom. The second-order valence-corrected chi connectivity index (χ2v) is 6.18. The minimum absolute atomic E-state index is 0.0905. The number of rotatable bonds is 5. The van der Waals surface area contributed by atoms with Crippen LogP contribution < -0.4 is 10.2 Å². The maximum Gasteiger partial charge on any atom is 0.287 e. The molecule has 2 aromatic carbocycles. The number of aryl methyl sites for hydroxylation is 1. The van der Waals surface area contributed by atoms with Crippen molar-refractivity contribution < 1.29 is 13.6 Å². The molecule has 0 bridgehead atoms. The quantitative estimate of drug-likeness (QED) is 0.759. The summed E-state index contributed by atoms with van der Waals surface area (Å²) in [6.07, 6.45) is 0. The third kappa shape index (κ3) is 3.36. The van der Waals surface area contributed by atoms with Crippen LogP contribution in [0, 0.1) is 12.7 Å². The fourth-order valence-electron chi connectivity index (χ4n) is 2.80. The Morgan fingerprint density at radius 3 is 2.60 bits per heavy atom. The van der Waals surface area contributed by atoms with E-state index < -0.39 is 5.82 Å². The molecule has 0 aliphatic rings. The molecule has 0 fully saturated rings. The van der Waals surface area contributed by atoms with Crippen molar-refractivity contribution in [3.63, 3.8) is 0 Å². The van der Waals surface area contributed by atoms with Gasteiger partial charge in [0.1, 0.15) is 0 Å². The maximum atomic E-state index is 13.8. The highest BCUT2D eigenvalue weighted by Gasteiger charge is 2.20. The molecular weight excluding hydrogens is 319 g/mol. The fraction of sp³-hybridized carbons (Fsp3) is 0.250. The van der Waals surface area contributed by atoms with Gasteiger partial charge >= 0.3 is 0 Å². The van der Waals surface area contributed by atoms with Crippen molar-refractivity contribution in [2.75, 3.05) is 18.5 Å². The van der Waals surface area contributed by atoms with E-state index in [4.69, 9.17) is 4.42 Å². The van der Waals surface area contributed by atoms with E-state index >= 15 is 0 Å². The second kappa shape index (κ2) is 6.97. The molecule has 0 saturated heterocycles. The molecule has 4 nitrogen and oxygen atoms in total. The van der Waals surface area contributed by atoms with Gasteiger partial charge in [0.05, 0.1) is 0 Å². The number of halogens is 1. The Morgan fingerprint density at radius 1 is 1.20 bits per heavy atom. The highest BCUT2D eigenvalue weighted by atomic mass is 19.1. The van der Waals surface area contributed by atoms with Crippen LogP contribution in [0.2, 0.25) is 0 Å². The molecule has 3 rings (SSSR count). The monoisotopic (exact) mass is 340 g/mol. The average molecular weight is 340 g/mol. The minimum Gasteiger partial charge on any atom is -0.448 e. The predicted octanol–water partition coefficient (Wildman–Crippen LogP) is 4.14. The van der Waals surface area contributed by atoms with E-state index in [1.165, 1.54) is 6.07 Å². The topological polar surface area (TPSA) is 45.5 Å². The molecular formula is C20H21FN2O2. The first-order valence-electron chi connectivity index (χ1n) is 8.22. The number of anilines is 1. The Bertz CT molecular complexity index is 889. The zero-order valence-electron chi connectivity index (χ0n) is 14.5. The minimum atomic E-state index is -0.461. The molecule has 1 heterocycles. The largest absolute Gasteiger partial charge is 0.448 e. The van der Waals surface area contributed by atoms with Crippen molar-refractivity contribution in [3.05, 3.63) is 65.7 Å². The van der Waals surface area contributed by atoms with Crippen molar-refractivity contribution in [2.45, 2.75) is 19.9 Å². The summed E-state index contributed by atoms with van der Waals surface area (Å²) in [5, 5.41) is 3.50.